The summed E-state index contributed by atoms with van der Waals surface area (Å²) in [4.78, 5) is 4.16. The second-order valence-corrected chi connectivity index (χ2v) is 3.71. The molecule has 0 atom stereocenters. The van der Waals surface area contributed by atoms with Crippen molar-refractivity contribution < 1.29 is 13.5 Å². The number of ether oxygens (including phenoxy) is 1. The third-order valence-corrected chi connectivity index (χ3v) is 2.39. The molecule has 0 saturated heterocycles. The zero-order valence-electron chi connectivity index (χ0n) is 9.88. The van der Waals surface area contributed by atoms with Crippen molar-refractivity contribution in [3.05, 3.63) is 30.6 Å². The van der Waals surface area contributed by atoms with Gasteiger partial charge in [-0.05, 0) is 30.7 Å². The highest BCUT2D eigenvalue weighted by atomic mass is 19.3. The summed E-state index contributed by atoms with van der Waals surface area (Å²) < 4.78 is 30.1. The Morgan fingerprint density at radius 2 is 2.00 bits per heavy atom. The van der Waals surface area contributed by atoms with Gasteiger partial charge in [-0.25, -0.2) is 9.67 Å². The molecule has 0 spiro atoms. The normalized spacial score (nSPS) is 10.9. The molecule has 1 aromatic heterocycles. The first-order chi connectivity index (χ1) is 8.70. The first-order valence-corrected chi connectivity index (χ1v) is 5.63. The molecule has 0 fully saturated rings. The van der Waals surface area contributed by atoms with E-state index in [9.17, 15) is 8.78 Å². The molecule has 2 aromatic rings. The molecule has 1 aromatic carbocycles. The molecule has 0 amide bonds. The average molecular weight is 253 g/mol. The maximum absolute atomic E-state index is 12.0. The highest BCUT2D eigenvalue weighted by molar-refractivity contribution is 5.56. The van der Waals surface area contributed by atoms with Gasteiger partial charge in [0.2, 0.25) is 0 Å². The Morgan fingerprint density at radius 3 is 2.61 bits per heavy atom. The predicted molar refractivity (Wildman–Crippen MR) is 62.4 cm³/mol. The SMILES string of the molecule is CCCn1ncnc1-c1ccc(OC(F)F)cc1. The topological polar surface area (TPSA) is 39.9 Å². The Balaban J connectivity index is 2.20. The van der Waals surface area contributed by atoms with Crippen LogP contribution in [0.5, 0.6) is 5.75 Å². The second-order valence-electron chi connectivity index (χ2n) is 3.71. The lowest BCUT2D eigenvalue weighted by Gasteiger charge is -2.06. The van der Waals surface area contributed by atoms with Gasteiger partial charge in [0.1, 0.15) is 12.1 Å². The molecule has 2 rings (SSSR count). The van der Waals surface area contributed by atoms with Gasteiger partial charge < -0.3 is 4.74 Å². The molecule has 4 nitrogen and oxygen atoms in total. The number of rotatable bonds is 5. The lowest BCUT2D eigenvalue weighted by atomic mass is 10.2. The Kier molecular flexibility index (Phi) is 3.86. The van der Waals surface area contributed by atoms with Crippen LogP contribution in [0.25, 0.3) is 11.4 Å². The minimum absolute atomic E-state index is 0.135. The molecule has 0 bridgehead atoms. The molecular formula is C12H13F2N3O. The lowest BCUT2D eigenvalue weighted by Crippen LogP contribution is -2.03. The van der Waals surface area contributed by atoms with E-state index in [0.29, 0.717) is 0 Å². The van der Waals surface area contributed by atoms with Crippen molar-refractivity contribution in [2.45, 2.75) is 26.5 Å². The van der Waals surface area contributed by atoms with E-state index in [1.807, 2.05) is 6.92 Å². The Bertz CT molecular complexity index is 496. The average Bonchev–Trinajstić information content (AvgIpc) is 2.78. The van der Waals surface area contributed by atoms with Crippen molar-refractivity contribution >= 4 is 0 Å². The number of hydrogen-bond donors (Lipinski definition) is 0. The first-order valence-electron chi connectivity index (χ1n) is 5.63. The number of alkyl halides is 2. The largest absolute Gasteiger partial charge is 0.435 e. The van der Waals surface area contributed by atoms with Crippen molar-refractivity contribution in [2.24, 2.45) is 0 Å². The molecule has 0 N–H and O–H groups in total. The molecule has 1 heterocycles. The van der Waals surface area contributed by atoms with Crippen LogP contribution < -0.4 is 4.74 Å². The fourth-order valence-corrected chi connectivity index (χ4v) is 1.65. The van der Waals surface area contributed by atoms with Gasteiger partial charge in [-0.15, -0.1) is 0 Å². The minimum atomic E-state index is -2.81. The van der Waals surface area contributed by atoms with Crippen molar-refractivity contribution in [3.63, 3.8) is 0 Å². The fourth-order valence-electron chi connectivity index (χ4n) is 1.65. The quantitative estimate of drug-likeness (QED) is 0.822. The Morgan fingerprint density at radius 1 is 1.28 bits per heavy atom. The highest BCUT2D eigenvalue weighted by Gasteiger charge is 2.08. The maximum atomic E-state index is 12.0. The van der Waals surface area contributed by atoms with Crippen molar-refractivity contribution in [1.29, 1.82) is 0 Å². The minimum Gasteiger partial charge on any atom is -0.435 e. The van der Waals surface area contributed by atoms with Gasteiger partial charge in [-0.2, -0.15) is 13.9 Å². The third kappa shape index (κ3) is 2.82. The molecule has 0 aliphatic carbocycles. The number of aryl methyl sites for hydroxylation is 1. The summed E-state index contributed by atoms with van der Waals surface area (Å²) in [6.45, 7) is 0.00920. The molecule has 18 heavy (non-hydrogen) atoms. The van der Waals surface area contributed by atoms with Crippen LogP contribution in [0.4, 0.5) is 8.78 Å². The van der Waals surface area contributed by atoms with Crippen LogP contribution in [-0.2, 0) is 6.54 Å². The number of benzene rings is 1. The zero-order chi connectivity index (χ0) is 13.0. The third-order valence-electron chi connectivity index (χ3n) is 2.39. The molecule has 0 aliphatic rings. The monoisotopic (exact) mass is 253 g/mol. The fraction of sp³-hybridized carbons (Fsp3) is 0.333. The number of hydrogen-bond acceptors (Lipinski definition) is 3. The van der Waals surface area contributed by atoms with E-state index >= 15 is 0 Å². The molecule has 0 unspecified atom stereocenters. The van der Waals surface area contributed by atoms with E-state index in [1.54, 1.807) is 16.8 Å². The number of aromatic nitrogens is 3. The Labute approximate surface area is 103 Å². The number of halogens is 2. The van der Waals surface area contributed by atoms with Gasteiger partial charge in [0.05, 0.1) is 0 Å². The summed E-state index contributed by atoms with van der Waals surface area (Å²) in [5.41, 5.74) is 0.822. The van der Waals surface area contributed by atoms with Crippen molar-refractivity contribution in [3.8, 4) is 17.1 Å². The highest BCUT2D eigenvalue weighted by Crippen LogP contribution is 2.21. The van der Waals surface area contributed by atoms with E-state index in [0.717, 1.165) is 24.4 Å². The predicted octanol–water partition coefficient (Wildman–Crippen LogP) is 2.96. The van der Waals surface area contributed by atoms with Gasteiger partial charge in [0.25, 0.3) is 0 Å². The van der Waals surface area contributed by atoms with Crippen LogP contribution in [0, 0.1) is 0 Å². The van der Waals surface area contributed by atoms with Crippen LogP contribution in [0.2, 0.25) is 0 Å². The van der Waals surface area contributed by atoms with Gasteiger partial charge >= 0.3 is 6.61 Å². The summed E-state index contributed by atoms with van der Waals surface area (Å²) in [5.74, 6) is 0.857. The molecule has 0 aliphatic heterocycles. The summed E-state index contributed by atoms with van der Waals surface area (Å²) in [6.07, 6.45) is 2.43. The van der Waals surface area contributed by atoms with E-state index in [2.05, 4.69) is 14.8 Å². The van der Waals surface area contributed by atoms with Crippen LogP contribution >= 0.6 is 0 Å². The number of nitrogens with zero attached hydrogens (tertiary/aromatic N) is 3. The summed E-state index contributed by atoms with van der Waals surface area (Å²) in [7, 11) is 0. The summed E-state index contributed by atoms with van der Waals surface area (Å²) >= 11 is 0. The van der Waals surface area contributed by atoms with E-state index in [-0.39, 0.29) is 5.75 Å². The second kappa shape index (κ2) is 5.57. The molecule has 0 saturated carbocycles. The molecular weight excluding hydrogens is 240 g/mol. The van der Waals surface area contributed by atoms with Gasteiger partial charge in [0.15, 0.2) is 5.82 Å². The van der Waals surface area contributed by atoms with Crippen molar-refractivity contribution in [2.75, 3.05) is 0 Å². The Hall–Kier alpha value is -1.98. The summed E-state index contributed by atoms with van der Waals surface area (Å²) in [5, 5.41) is 4.11. The molecule has 96 valence electrons. The van der Waals surface area contributed by atoms with E-state index in [1.165, 1.54) is 18.5 Å². The van der Waals surface area contributed by atoms with E-state index < -0.39 is 6.61 Å². The smallest absolute Gasteiger partial charge is 0.387 e. The van der Waals surface area contributed by atoms with E-state index in [4.69, 9.17) is 0 Å². The standard InChI is InChI=1S/C12H13F2N3O/c1-2-7-17-11(15-8-16-17)9-3-5-10(6-4-9)18-12(13)14/h3-6,8,12H,2,7H2,1H3. The van der Waals surface area contributed by atoms with Gasteiger partial charge in [-0.3, -0.25) is 0 Å². The van der Waals surface area contributed by atoms with Crippen LogP contribution in [-0.4, -0.2) is 21.4 Å². The van der Waals surface area contributed by atoms with Crippen LogP contribution in [0.1, 0.15) is 13.3 Å². The van der Waals surface area contributed by atoms with Crippen LogP contribution in [0.15, 0.2) is 30.6 Å². The first kappa shape index (κ1) is 12.5. The van der Waals surface area contributed by atoms with Gasteiger partial charge in [0, 0.05) is 12.1 Å². The lowest BCUT2D eigenvalue weighted by molar-refractivity contribution is -0.0498. The summed E-state index contributed by atoms with van der Waals surface area (Å²) in [6, 6.07) is 6.36. The van der Waals surface area contributed by atoms with Gasteiger partial charge in [-0.1, -0.05) is 6.92 Å². The maximum Gasteiger partial charge on any atom is 0.387 e. The zero-order valence-corrected chi connectivity index (χ0v) is 9.88. The van der Waals surface area contributed by atoms with Crippen LogP contribution in [0.3, 0.4) is 0 Å². The molecule has 0 radical (unpaired) electrons. The molecule has 6 heteroatoms. The van der Waals surface area contributed by atoms with Crippen molar-refractivity contribution in [1.82, 2.24) is 14.8 Å².